The molecular formula is C16H22N4O2S. The smallest absolute Gasteiger partial charge is 0.211 e. The van der Waals surface area contributed by atoms with Crippen LogP contribution >= 0.6 is 11.8 Å². The van der Waals surface area contributed by atoms with E-state index < -0.39 is 0 Å². The first-order valence-corrected chi connectivity index (χ1v) is 8.67. The van der Waals surface area contributed by atoms with Crippen molar-refractivity contribution in [2.75, 3.05) is 20.0 Å². The van der Waals surface area contributed by atoms with Gasteiger partial charge in [0.2, 0.25) is 5.16 Å². The number of nitrogens with zero attached hydrogens (tertiary/aromatic N) is 4. The van der Waals surface area contributed by atoms with Crippen LogP contribution in [0.5, 0.6) is 11.5 Å². The Morgan fingerprint density at radius 3 is 2.70 bits per heavy atom. The molecule has 1 aromatic carbocycles. The van der Waals surface area contributed by atoms with E-state index in [4.69, 9.17) is 9.47 Å². The highest BCUT2D eigenvalue weighted by Gasteiger charge is 2.13. The lowest BCUT2D eigenvalue weighted by Gasteiger charge is -2.09. The fourth-order valence-corrected chi connectivity index (χ4v) is 2.47. The second-order valence-corrected chi connectivity index (χ2v) is 5.87. The van der Waals surface area contributed by atoms with Crippen LogP contribution < -0.4 is 9.47 Å². The molecule has 0 saturated carbocycles. The molecule has 0 saturated heterocycles. The van der Waals surface area contributed by atoms with Crippen LogP contribution in [-0.2, 0) is 0 Å². The number of rotatable bonds is 7. The van der Waals surface area contributed by atoms with Crippen molar-refractivity contribution in [1.82, 2.24) is 14.9 Å². The molecule has 2 aromatic rings. The van der Waals surface area contributed by atoms with Gasteiger partial charge in [0, 0.05) is 5.92 Å². The summed E-state index contributed by atoms with van der Waals surface area (Å²) >= 11 is 1.52. The summed E-state index contributed by atoms with van der Waals surface area (Å²) in [6.45, 7) is 6.66. The normalized spacial score (nSPS) is 11.4. The van der Waals surface area contributed by atoms with Gasteiger partial charge in [-0.3, -0.25) is 0 Å². The van der Waals surface area contributed by atoms with E-state index in [1.54, 1.807) is 18.0 Å². The Morgan fingerprint density at radius 2 is 2.09 bits per heavy atom. The zero-order valence-electron chi connectivity index (χ0n) is 14.1. The molecule has 0 atom stereocenters. The van der Waals surface area contributed by atoms with E-state index in [-0.39, 0.29) is 5.92 Å². The minimum atomic E-state index is 0.246. The number of benzene rings is 1. The van der Waals surface area contributed by atoms with Gasteiger partial charge in [-0.25, -0.2) is 0 Å². The summed E-state index contributed by atoms with van der Waals surface area (Å²) in [7, 11) is 1.63. The highest BCUT2D eigenvalue weighted by Crippen LogP contribution is 2.27. The SMILES string of the molecule is CCOc1cc(/C=N\n2c(SC)nnc2C(C)C)ccc1OC. The molecule has 6 nitrogen and oxygen atoms in total. The number of aromatic nitrogens is 3. The molecule has 0 radical (unpaired) electrons. The zero-order valence-corrected chi connectivity index (χ0v) is 14.9. The van der Waals surface area contributed by atoms with Crippen molar-refractivity contribution in [2.24, 2.45) is 5.10 Å². The maximum atomic E-state index is 5.59. The predicted molar refractivity (Wildman–Crippen MR) is 93.0 cm³/mol. The van der Waals surface area contributed by atoms with Crippen molar-refractivity contribution in [2.45, 2.75) is 31.8 Å². The van der Waals surface area contributed by atoms with Gasteiger partial charge < -0.3 is 9.47 Å². The van der Waals surface area contributed by atoms with Gasteiger partial charge in [0.05, 0.1) is 19.9 Å². The van der Waals surface area contributed by atoms with Crippen LogP contribution in [0.3, 0.4) is 0 Å². The second-order valence-electron chi connectivity index (χ2n) is 5.10. The summed E-state index contributed by atoms with van der Waals surface area (Å²) in [5.74, 6) is 2.50. The molecule has 23 heavy (non-hydrogen) atoms. The van der Waals surface area contributed by atoms with E-state index in [9.17, 15) is 0 Å². The maximum Gasteiger partial charge on any atom is 0.211 e. The first-order valence-electron chi connectivity index (χ1n) is 7.45. The number of hydrogen-bond acceptors (Lipinski definition) is 6. The molecule has 0 aliphatic heterocycles. The fourth-order valence-electron chi connectivity index (χ4n) is 2.04. The Hall–Kier alpha value is -2.02. The van der Waals surface area contributed by atoms with E-state index in [2.05, 4.69) is 29.1 Å². The van der Waals surface area contributed by atoms with Gasteiger partial charge in [0.1, 0.15) is 0 Å². The van der Waals surface area contributed by atoms with Crippen LogP contribution in [-0.4, -0.2) is 41.1 Å². The quantitative estimate of drug-likeness (QED) is 0.573. The van der Waals surface area contributed by atoms with Crippen molar-refractivity contribution < 1.29 is 9.47 Å². The van der Waals surface area contributed by atoms with Crippen molar-refractivity contribution in [3.05, 3.63) is 29.6 Å². The van der Waals surface area contributed by atoms with Crippen LogP contribution in [0.1, 0.15) is 38.1 Å². The van der Waals surface area contributed by atoms with Crippen molar-refractivity contribution in [3.8, 4) is 11.5 Å². The molecule has 1 aromatic heterocycles. The average molecular weight is 334 g/mol. The molecule has 0 spiro atoms. The summed E-state index contributed by atoms with van der Waals surface area (Å²) in [4.78, 5) is 0. The molecule has 0 aliphatic rings. The van der Waals surface area contributed by atoms with Crippen LogP contribution in [0.25, 0.3) is 0 Å². The van der Waals surface area contributed by atoms with E-state index in [0.717, 1.165) is 16.5 Å². The van der Waals surface area contributed by atoms with E-state index >= 15 is 0 Å². The van der Waals surface area contributed by atoms with Gasteiger partial charge in [-0.15, -0.1) is 10.2 Å². The molecular weight excluding hydrogens is 312 g/mol. The standard InChI is InChI=1S/C16H22N4O2S/c1-6-22-14-9-12(7-8-13(14)21-4)10-17-20-15(11(2)3)18-19-16(20)23-5/h7-11H,6H2,1-5H3/b17-10-. The minimum Gasteiger partial charge on any atom is -0.493 e. The molecule has 0 aliphatic carbocycles. The highest BCUT2D eigenvalue weighted by atomic mass is 32.2. The van der Waals surface area contributed by atoms with Crippen molar-refractivity contribution >= 4 is 18.0 Å². The first-order chi connectivity index (χ1) is 11.1. The van der Waals surface area contributed by atoms with E-state index in [1.165, 1.54) is 11.8 Å². The molecule has 0 unspecified atom stereocenters. The topological polar surface area (TPSA) is 61.5 Å². The molecule has 0 fully saturated rings. The van der Waals surface area contributed by atoms with Crippen LogP contribution in [0.4, 0.5) is 0 Å². The predicted octanol–water partition coefficient (Wildman–Crippen LogP) is 3.41. The minimum absolute atomic E-state index is 0.246. The lowest BCUT2D eigenvalue weighted by atomic mass is 10.2. The highest BCUT2D eigenvalue weighted by molar-refractivity contribution is 7.98. The van der Waals surface area contributed by atoms with Gasteiger partial charge in [-0.05, 0) is 36.9 Å². The number of methoxy groups -OCH3 is 1. The molecule has 7 heteroatoms. The first kappa shape index (κ1) is 17.3. The molecule has 0 amide bonds. The third-order valence-corrected chi connectivity index (χ3v) is 3.76. The van der Waals surface area contributed by atoms with Gasteiger partial charge in [-0.1, -0.05) is 25.6 Å². The zero-order chi connectivity index (χ0) is 16.8. The van der Waals surface area contributed by atoms with Gasteiger partial charge >= 0.3 is 0 Å². The fraction of sp³-hybridized carbons (Fsp3) is 0.438. The molecule has 124 valence electrons. The van der Waals surface area contributed by atoms with Gasteiger partial charge in [0.15, 0.2) is 17.3 Å². The lowest BCUT2D eigenvalue weighted by molar-refractivity contribution is 0.311. The van der Waals surface area contributed by atoms with Crippen LogP contribution in [0.15, 0.2) is 28.5 Å². The Morgan fingerprint density at radius 1 is 1.30 bits per heavy atom. The Kier molecular flexibility index (Phi) is 6.04. The summed E-state index contributed by atoms with van der Waals surface area (Å²) in [6.07, 6.45) is 3.73. The van der Waals surface area contributed by atoms with Crippen molar-refractivity contribution in [3.63, 3.8) is 0 Å². The molecule has 1 heterocycles. The average Bonchev–Trinajstić information content (AvgIpc) is 2.96. The Balaban J connectivity index is 2.33. The molecule has 0 bridgehead atoms. The maximum absolute atomic E-state index is 5.59. The van der Waals surface area contributed by atoms with Crippen LogP contribution in [0.2, 0.25) is 0 Å². The van der Waals surface area contributed by atoms with E-state index in [1.807, 2.05) is 31.4 Å². The second kappa shape index (κ2) is 8.01. The van der Waals surface area contributed by atoms with Crippen molar-refractivity contribution in [1.29, 1.82) is 0 Å². The summed E-state index contributed by atoms with van der Waals surface area (Å²) in [5, 5.41) is 13.7. The summed E-state index contributed by atoms with van der Waals surface area (Å²) in [6, 6.07) is 5.71. The number of thioether (sulfide) groups is 1. The monoisotopic (exact) mass is 334 g/mol. The van der Waals surface area contributed by atoms with Gasteiger partial charge in [-0.2, -0.15) is 9.78 Å². The number of hydrogen-bond donors (Lipinski definition) is 0. The summed E-state index contributed by atoms with van der Waals surface area (Å²) in [5.41, 5.74) is 0.921. The Bertz CT molecular complexity index is 683. The molecule has 0 N–H and O–H groups in total. The summed E-state index contributed by atoms with van der Waals surface area (Å²) < 4.78 is 12.7. The van der Waals surface area contributed by atoms with Gasteiger partial charge in [0.25, 0.3) is 0 Å². The molecule has 2 rings (SSSR count). The largest absolute Gasteiger partial charge is 0.493 e. The van der Waals surface area contributed by atoms with E-state index in [0.29, 0.717) is 18.1 Å². The third kappa shape index (κ3) is 4.04. The Labute approximate surface area is 140 Å². The third-order valence-electron chi connectivity index (χ3n) is 3.14. The lowest BCUT2D eigenvalue weighted by Crippen LogP contribution is -2.02. The van der Waals surface area contributed by atoms with Crippen LogP contribution in [0, 0.1) is 0 Å². The number of ether oxygens (including phenoxy) is 2.